The molecule has 84 valence electrons. The Morgan fingerprint density at radius 3 is 2.88 bits per heavy atom. The Balaban J connectivity index is 2.94. The number of anilines is 1. The predicted octanol–water partition coefficient (Wildman–Crippen LogP) is 2.38. The van der Waals surface area contributed by atoms with Crippen molar-refractivity contribution in [2.45, 2.75) is 19.4 Å². The van der Waals surface area contributed by atoms with Crippen LogP contribution >= 0.6 is 11.6 Å². The van der Waals surface area contributed by atoms with Gasteiger partial charge in [-0.05, 0) is 18.6 Å². The molecule has 1 rings (SSSR count). The molecule has 0 fully saturated rings. The molecular weight excluding hydrogens is 228 g/mol. The topological polar surface area (TPSA) is 76.1 Å². The minimum atomic E-state index is -0.775. The summed E-state index contributed by atoms with van der Waals surface area (Å²) in [5.41, 5.74) is 5.96. The monoisotopic (exact) mass is 238 g/mol. The summed E-state index contributed by atoms with van der Waals surface area (Å²) >= 11 is 5.83. The lowest BCUT2D eigenvalue weighted by Gasteiger charge is -2.11. The highest BCUT2D eigenvalue weighted by atomic mass is 35.5. The second kappa shape index (κ2) is 5.38. The molecule has 0 bridgehead atoms. The normalized spacial score (nSPS) is 11.6. The van der Waals surface area contributed by atoms with Crippen molar-refractivity contribution in [3.8, 4) is 6.07 Å². The van der Waals surface area contributed by atoms with Gasteiger partial charge >= 0.3 is 5.97 Å². The van der Waals surface area contributed by atoms with Crippen molar-refractivity contribution in [2.75, 3.05) is 5.73 Å². The fourth-order valence-electron chi connectivity index (χ4n) is 1.15. The molecule has 0 radical (unpaired) electrons. The zero-order valence-electron chi connectivity index (χ0n) is 8.74. The minimum absolute atomic E-state index is 0.109. The fraction of sp³-hybridized carbons (Fsp3) is 0.273. The van der Waals surface area contributed by atoms with Crippen molar-refractivity contribution in [3.63, 3.8) is 0 Å². The molecule has 0 saturated heterocycles. The van der Waals surface area contributed by atoms with Crippen molar-refractivity contribution in [2.24, 2.45) is 0 Å². The van der Waals surface area contributed by atoms with E-state index in [0.717, 1.165) is 0 Å². The highest BCUT2D eigenvalue weighted by Gasteiger charge is 2.18. The van der Waals surface area contributed by atoms with Crippen molar-refractivity contribution >= 4 is 23.3 Å². The number of ether oxygens (including phenoxy) is 1. The van der Waals surface area contributed by atoms with Crippen LogP contribution in [0.2, 0.25) is 5.02 Å². The fourth-order valence-corrected chi connectivity index (χ4v) is 1.40. The van der Waals surface area contributed by atoms with Crippen LogP contribution in [0.25, 0.3) is 0 Å². The number of carbonyl (C=O) groups excluding carboxylic acids is 1. The Morgan fingerprint density at radius 2 is 2.38 bits per heavy atom. The number of esters is 1. The number of nitrogen functional groups attached to an aromatic ring is 1. The quantitative estimate of drug-likeness (QED) is 0.648. The maximum Gasteiger partial charge on any atom is 0.343 e. The van der Waals surface area contributed by atoms with E-state index in [9.17, 15) is 4.79 Å². The van der Waals surface area contributed by atoms with Gasteiger partial charge in [0.15, 0.2) is 6.10 Å². The van der Waals surface area contributed by atoms with Crippen LogP contribution in [0.4, 0.5) is 5.69 Å². The number of hydrogen-bond donors (Lipinski definition) is 1. The highest BCUT2D eigenvalue weighted by molar-refractivity contribution is 6.34. The number of hydrogen-bond acceptors (Lipinski definition) is 4. The third kappa shape index (κ3) is 2.65. The Kier molecular flexibility index (Phi) is 4.15. The SMILES string of the molecule is CCC(C#N)OC(=O)c1c(N)cccc1Cl. The Morgan fingerprint density at radius 1 is 1.69 bits per heavy atom. The van der Waals surface area contributed by atoms with Crippen LogP contribution < -0.4 is 5.73 Å². The van der Waals surface area contributed by atoms with E-state index < -0.39 is 12.1 Å². The molecule has 1 aromatic rings. The molecule has 0 saturated carbocycles. The number of rotatable bonds is 3. The van der Waals surface area contributed by atoms with Gasteiger partial charge in [-0.3, -0.25) is 0 Å². The molecule has 1 unspecified atom stereocenters. The van der Waals surface area contributed by atoms with Gasteiger partial charge in [0.05, 0.1) is 5.02 Å². The molecule has 1 aromatic carbocycles. The minimum Gasteiger partial charge on any atom is -0.443 e. The summed E-state index contributed by atoms with van der Waals surface area (Å²) in [5, 5.41) is 8.89. The second-order valence-corrected chi connectivity index (χ2v) is 3.54. The summed E-state index contributed by atoms with van der Waals surface area (Å²) in [5.74, 6) is -0.670. The molecule has 0 heterocycles. The average molecular weight is 239 g/mol. The van der Waals surface area contributed by atoms with Crippen molar-refractivity contribution < 1.29 is 9.53 Å². The van der Waals surface area contributed by atoms with Crippen LogP contribution in [-0.2, 0) is 4.74 Å². The third-order valence-electron chi connectivity index (χ3n) is 2.01. The van der Waals surface area contributed by atoms with E-state index in [1.807, 2.05) is 6.07 Å². The van der Waals surface area contributed by atoms with Crippen LogP contribution in [-0.4, -0.2) is 12.1 Å². The second-order valence-electron chi connectivity index (χ2n) is 3.14. The van der Waals surface area contributed by atoms with Crippen LogP contribution in [0.1, 0.15) is 23.7 Å². The number of benzene rings is 1. The van der Waals surface area contributed by atoms with Gasteiger partial charge in [0.2, 0.25) is 0 Å². The number of nitriles is 1. The Bertz CT molecular complexity index is 420. The third-order valence-corrected chi connectivity index (χ3v) is 2.33. The number of nitrogens with two attached hydrogens (primary N) is 1. The van der Waals surface area contributed by atoms with Crippen LogP contribution in [0, 0.1) is 11.3 Å². The number of carbonyl (C=O) groups is 1. The van der Waals surface area contributed by atoms with E-state index in [1.54, 1.807) is 25.1 Å². The van der Waals surface area contributed by atoms with E-state index in [-0.39, 0.29) is 16.3 Å². The Labute approximate surface area is 98.6 Å². The summed E-state index contributed by atoms with van der Waals surface area (Å²) in [6.07, 6.45) is -0.352. The lowest BCUT2D eigenvalue weighted by molar-refractivity contribution is 0.0402. The van der Waals surface area contributed by atoms with E-state index in [4.69, 9.17) is 27.3 Å². The first-order valence-electron chi connectivity index (χ1n) is 4.74. The zero-order valence-corrected chi connectivity index (χ0v) is 9.49. The van der Waals surface area contributed by atoms with Crippen molar-refractivity contribution in [3.05, 3.63) is 28.8 Å². The molecule has 1 atom stereocenters. The first-order valence-corrected chi connectivity index (χ1v) is 5.12. The van der Waals surface area contributed by atoms with Gasteiger partial charge in [0, 0.05) is 5.69 Å². The van der Waals surface area contributed by atoms with E-state index >= 15 is 0 Å². The summed E-state index contributed by atoms with van der Waals surface area (Å²) in [6.45, 7) is 1.75. The first-order chi connectivity index (χ1) is 7.60. The molecule has 0 aliphatic rings. The van der Waals surface area contributed by atoms with Gasteiger partial charge in [-0.15, -0.1) is 0 Å². The number of halogens is 1. The molecule has 5 heteroatoms. The van der Waals surface area contributed by atoms with Crippen LogP contribution in [0.5, 0.6) is 0 Å². The predicted molar refractivity (Wildman–Crippen MR) is 61.0 cm³/mol. The van der Waals surface area contributed by atoms with Gasteiger partial charge in [-0.25, -0.2) is 4.79 Å². The lowest BCUT2D eigenvalue weighted by atomic mass is 10.2. The maximum absolute atomic E-state index is 11.7. The van der Waals surface area contributed by atoms with Gasteiger partial charge < -0.3 is 10.5 Å². The Hall–Kier alpha value is -1.73. The average Bonchev–Trinajstić information content (AvgIpc) is 2.25. The standard InChI is InChI=1S/C11H11ClN2O2/c1-2-7(6-13)16-11(15)10-8(12)4-3-5-9(10)14/h3-5,7H,2,14H2,1H3. The van der Waals surface area contributed by atoms with Crippen LogP contribution in [0.15, 0.2) is 18.2 Å². The summed E-state index contributed by atoms with van der Waals surface area (Å²) in [4.78, 5) is 11.7. The van der Waals surface area contributed by atoms with Crippen LogP contribution in [0.3, 0.4) is 0 Å². The van der Waals surface area contributed by atoms with Gasteiger partial charge in [0.1, 0.15) is 11.6 Å². The molecule has 0 amide bonds. The van der Waals surface area contributed by atoms with Gasteiger partial charge in [-0.1, -0.05) is 24.6 Å². The summed E-state index contributed by atoms with van der Waals surface area (Å²) < 4.78 is 4.93. The van der Waals surface area contributed by atoms with Gasteiger partial charge in [-0.2, -0.15) is 5.26 Å². The van der Waals surface area contributed by atoms with Gasteiger partial charge in [0.25, 0.3) is 0 Å². The smallest absolute Gasteiger partial charge is 0.343 e. The van der Waals surface area contributed by atoms with E-state index in [0.29, 0.717) is 6.42 Å². The van der Waals surface area contributed by atoms with Crippen molar-refractivity contribution in [1.82, 2.24) is 0 Å². The summed E-state index contributed by atoms with van der Waals surface area (Å²) in [7, 11) is 0. The summed E-state index contributed by atoms with van der Waals surface area (Å²) in [6, 6.07) is 6.59. The molecule has 0 aliphatic carbocycles. The molecular formula is C11H11ClN2O2. The molecule has 2 N–H and O–H groups in total. The highest BCUT2D eigenvalue weighted by Crippen LogP contribution is 2.23. The van der Waals surface area contributed by atoms with E-state index in [2.05, 4.69) is 0 Å². The van der Waals surface area contributed by atoms with E-state index in [1.165, 1.54) is 0 Å². The first kappa shape index (κ1) is 12.3. The zero-order chi connectivity index (χ0) is 12.1. The molecule has 0 aliphatic heterocycles. The molecule has 4 nitrogen and oxygen atoms in total. The number of nitrogens with zero attached hydrogens (tertiary/aromatic N) is 1. The molecule has 0 aromatic heterocycles. The molecule has 16 heavy (non-hydrogen) atoms. The lowest BCUT2D eigenvalue weighted by Crippen LogP contribution is -2.17. The molecule has 0 spiro atoms. The maximum atomic E-state index is 11.7. The van der Waals surface area contributed by atoms with Crippen molar-refractivity contribution in [1.29, 1.82) is 5.26 Å². The largest absolute Gasteiger partial charge is 0.443 e.